The second-order valence-electron chi connectivity index (χ2n) is 6.51. The molecule has 1 aliphatic heterocycles. The quantitative estimate of drug-likeness (QED) is 0.651. The van der Waals surface area contributed by atoms with Crippen LogP contribution in [0.1, 0.15) is 40.0 Å². The summed E-state index contributed by atoms with van der Waals surface area (Å²) in [5, 5.41) is 3.33. The molecule has 0 radical (unpaired) electrons. The molecule has 0 saturated carbocycles. The maximum Gasteiger partial charge on any atom is 0.323 e. The number of esters is 1. The highest BCUT2D eigenvalue weighted by molar-refractivity contribution is 5.75. The summed E-state index contributed by atoms with van der Waals surface area (Å²) < 4.78 is 5.18. The molecule has 1 rings (SSSR count). The number of carbonyl (C=O) groups excluding carboxylic acids is 1. The van der Waals surface area contributed by atoms with E-state index in [-0.39, 0.29) is 18.1 Å². The molecule has 0 aromatic rings. The Morgan fingerprint density at radius 1 is 1.43 bits per heavy atom. The van der Waals surface area contributed by atoms with Crippen molar-refractivity contribution in [2.75, 3.05) is 40.3 Å². The maximum absolute atomic E-state index is 12.0. The van der Waals surface area contributed by atoms with Crippen LogP contribution in [-0.4, -0.2) is 74.2 Å². The van der Waals surface area contributed by atoms with E-state index in [4.69, 9.17) is 4.74 Å². The second-order valence-corrected chi connectivity index (χ2v) is 6.51. The third-order valence-electron chi connectivity index (χ3n) is 3.89. The maximum atomic E-state index is 12.0. The van der Waals surface area contributed by atoms with Gasteiger partial charge in [-0.05, 0) is 46.8 Å². The van der Waals surface area contributed by atoms with Gasteiger partial charge in [0.25, 0.3) is 0 Å². The van der Waals surface area contributed by atoms with E-state index in [1.807, 2.05) is 6.92 Å². The molecule has 1 N–H and O–H groups in total. The van der Waals surface area contributed by atoms with Crippen molar-refractivity contribution >= 4 is 5.97 Å². The van der Waals surface area contributed by atoms with Gasteiger partial charge in [0.05, 0.1) is 6.61 Å². The van der Waals surface area contributed by atoms with Crippen molar-refractivity contribution in [2.45, 2.75) is 58.2 Å². The van der Waals surface area contributed by atoms with Gasteiger partial charge in [-0.3, -0.25) is 9.69 Å². The summed E-state index contributed by atoms with van der Waals surface area (Å²) in [7, 11) is 4.25. The molecule has 0 aromatic heterocycles. The minimum absolute atomic E-state index is 0.116. The summed E-state index contributed by atoms with van der Waals surface area (Å²) in [5.41, 5.74) is 0. The number of nitrogens with zero attached hydrogens (tertiary/aromatic N) is 2. The zero-order valence-electron chi connectivity index (χ0n) is 14.4. The Morgan fingerprint density at radius 3 is 2.71 bits per heavy atom. The van der Waals surface area contributed by atoms with Crippen LogP contribution in [0, 0.1) is 0 Å². The number of carbonyl (C=O) groups is 1. The number of ether oxygens (including phenoxy) is 1. The lowest BCUT2D eigenvalue weighted by Crippen LogP contribution is -2.45. The summed E-state index contributed by atoms with van der Waals surface area (Å²) in [6.45, 7) is 9.65. The Hall–Kier alpha value is -0.650. The summed E-state index contributed by atoms with van der Waals surface area (Å²) in [4.78, 5) is 16.8. The highest BCUT2D eigenvalue weighted by atomic mass is 16.5. The minimum atomic E-state index is -0.189. The van der Waals surface area contributed by atoms with Crippen molar-refractivity contribution in [3.63, 3.8) is 0 Å². The van der Waals surface area contributed by atoms with Gasteiger partial charge in [0.2, 0.25) is 0 Å². The first-order valence-electron chi connectivity index (χ1n) is 8.25. The molecule has 1 saturated heterocycles. The summed E-state index contributed by atoms with van der Waals surface area (Å²) in [5.74, 6) is -0.116. The van der Waals surface area contributed by atoms with Gasteiger partial charge in [0.15, 0.2) is 0 Å². The van der Waals surface area contributed by atoms with Crippen molar-refractivity contribution < 1.29 is 9.53 Å². The zero-order valence-corrected chi connectivity index (χ0v) is 14.4. The molecule has 0 amide bonds. The van der Waals surface area contributed by atoms with Crippen LogP contribution in [0.4, 0.5) is 0 Å². The molecule has 2 atom stereocenters. The van der Waals surface area contributed by atoms with Crippen molar-refractivity contribution in [1.29, 1.82) is 0 Å². The molecule has 5 heteroatoms. The second kappa shape index (κ2) is 9.38. The first kappa shape index (κ1) is 18.4. The molecular formula is C16H33N3O2. The van der Waals surface area contributed by atoms with Gasteiger partial charge in [-0.15, -0.1) is 0 Å². The zero-order chi connectivity index (χ0) is 15.8. The van der Waals surface area contributed by atoms with E-state index in [1.54, 1.807) is 0 Å². The molecule has 1 fully saturated rings. The summed E-state index contributed by atoms with van der Waals surface area (Å²) in [6.07, 6.45) is 3.35. The molecule has 0 aliphatic carbocycles. The fourth-order valence-electron chi connectivity index (χ4n) is 3.03. The molecule has 1 heterocycles. The molecule has 0 bridgehead atoms. The van der Waals surface area contributed by atoms with Crippen LogP contribution < -0.4 is 5.32 Å². The van der Waals surface area contributed by atoms with Crippen molar-refractivity contribution in [1.82, 2.24) is 15.1 Å². The number of nitrogens with one attached hydrogen (secondary N) is 1. The van der Waals surface area contributed by atoms with Crippen LogP contribution in [0.15, 0.2) is 0 Å². The summed E-state index contributed by atoms with van der Waals surface area (Å²) >= 11 is 0. The topological polar surface area (TPSA) is 44.8 Å². The molecule has 1 aliphatic rings. The van der Waals surface area contributed by atoms with E-state index in [1.165, 1.54) is 12.8 Å². The fraction of sp³-hybridized carbons (Fsp3) is 0.938. The Labute approximate surface area is 130 Å². The Kier molecular flexibility index (Phi) is 8.22. The molecular weight excluding hydrogens is 266 g/mol. The number of hydrogen-bond acceptors (Lipinski definition) is 5. The lowest BCUT2D eigenvalue weighted by molar-refractivity contribution is -0.146. The lowest BCUT2D eigenvalue weighted by Gasteiger charge is -2.28. The smallest absolute Gasteiger partial charge is 0.323 e. The highest BCUT2D eigenvalue weighted by Crippen LogP contribution is 2.18. The molecule has 2 unspecified atom stereocenters. The number of likely N-dealkylation sites (tertiary alicyclic amines) is 1. The normalized spacial score (nSPS) is 21.2. The Morgan fingerprint density at radius 2 is 2.14 bits per heavy atom. The van der Waals surface area contributed by atoms with Gasteiger partial charge < -0.3 is 15.0 Å². The molecule has 0 aromatic carbocycles. The van der Waals surface area contributed by atoms with Crippen molar-refractivity contribution in [2.24, 2.45) is 0 Å². The van der Waals surface area contributed by atoms with E-state index in [0.29, 0.717) is 12.6 Å². The van der Waals surface area contributed by atoms with E-state index in [0.717, 1.165) is 26.1 Å². The predicted molar refractivity (Wildman–Crippen MR) is 86.5 cm³/mol. The highest BCUT2D eigenvalue weighted by Gasteiger charge is 2.27. The third kappa shape index (κ3) is 6.76. The fourth-order valence-corrected chi connectivity index (χ4v) is 3.03. The van der Waals surface area contributed by atoms with Crippen LogP contribution in [0.25, 0.3) is 0 Å². The molecule has 124 valence electrons. The van der Waals surface area contributed by atoms with E-state index < -0.39 is 0 Å². The molecule has 0 spiro atoms. The van der Waals surface area contributed by atoms with Crippen molar-refractivity contribution in [3.8, 4) is 0 Å². The standard InChI is InChI=1S/C16H33N3O2/c1-6-21-16(20)15(17-13(2)3)9-11-19-10-7-8-14(19)12-18(4)5/h13-15,17H,6-12H2,1-5H3. The van der Waals surface area contributed by atoms with Gasteiger partial charge in [-0.25, -0.2) is 0 Å². The van der Waals surface area contributed by atoms with Gasteiger partial charge in [0, 0.05) is 25.2 Å². The number of rotatable bonds is 9. The monoisotopic (exact) mass is 299 g/mol. The predicted octanol–water partition coefficient (Wildman–Crippen LogP) is 1.33. The Bertz CT molecular complexity index is 308. The third-order valence-corrected chi connectivity index (χ3v) is 3.89. The molecule has 21 heavy (non-hydrogen) atoms. The lowest BCUT2D eigenvalue weighted by atomic mass is 10.1. The van der Waals surface area contributed by atoms with E-state index in [9.17, 15) is 4.79 Å². The first-order chi connectivity index (χ1) is 9.93. The van der Waals surface area contributed by atoms with Gasteiger partial charge in [0.1, 0.15) is 6.04 Å². The minimum Gasteiger partial charge on any atom is -0.465 e. The van der Waals surface area contributed by atoms with Crippen LogP contribution in [0.2, 0.25) is 0 Å². The Balaban J connectivity index is 2.49. The summed E-state index contributed by atoms with van der Waals surface area (Å²) in [6, 6.07) is 0.725. The van der Waals surface area contributed by atoms with Crippen LogP contribution in [0.3, 0.4) is 0 Å². The number of hydrogen-bond donors (Lipinski definition) is 1. The van der Waals surface area contributed by atoms with Gasteiger partial charge in [-0.2, -0.15) is 0 Å². The number of likely N-dealkylation sites (N-methyl/N-ethyl adjacent to an activating group) is 1. The van der Waals surface area contributed by atoms with Crippen LogP contribution >= 0.6 is 0 Å². The van der Waals surface area contributed by atoms with Gasteiger partial charge in [-0.1, -0.05) is 13.8 Å². The largest absolute Gasteiger partial charge is 0.465 e. The average Bonchev–Trinajstić information content (AvgIpc) is 2.80. The average molecular weight is 299 g/mol. The van der Waals surface area contributed by atoms with Gasteiger partial charge >= 0.3 is 5.97 Å². The van der Waals surface area contributed by atoms with Crippen LogP contribution in [-0.2, 0) is 9.53 Å². The van der Waals surface area contributed by atoms with Crippen LogP contribution in [0.5, 0.6) is 0 Å². The first-order valence-corrected chi connectivity index (χ1v) is 8.25. The SMILES string of the molecule is CCOC(=O)C(CCN1CCCC1CN(C)C)NC(C)C. The molecule has 5 nitrogen and oxygen atoms in total. The van der Waals surface area contributed by atoms with E-state index in [2.05, 4.69) is 43.1 Å². The van der Waals surface area contributed by atoms with Crippen molar-refractivity contribution in [3.05, 3.63) is 0 Å². The van der Waals surface area contributed by atoms with E-state index >= 15 is 0 Å².